The first-order chi connectivity index (χ1) is 7.83. The van der Waals surface area contributed by atoms with E-state index in [1.165, 1.54) is 0 Å². The fraction of sp³-hybridized carbons (Fsp3) is 0.500. The number of carbonyl (C=O) groups is 1. The molecule has 0 saturated carbocycles. The minimum atomic E-state index is -4.51. The SMILES string of the molecule is O=C(O)c1coc(N(CCO)CC(F)(F)F)n1. The first-order valence-corrected chi connectivity index (χ1v) is 4.45. The number of nitrogens with zero attached hydrogens (tertiary/aromatic N) is 2. The van der Waals surface area contributed by atoms with Crippen molar-refractivity contribution in [1.82, 2.24) is 4.98 Å². The lowest BCUT2D eigenvalue weighted by molar-refractivity contribution is -0.120. The van der Waals surface area contributed by atoms with Gasteiger partial charge < -0.3 is 19.5 Å². The molecule has 0 aliphatic heterocycles. The van der Waals surface area contributed by atoms with Crippen LogP contribution in [0.15, 0.2) is 10.7 Å². The lowest BCUT2D eigenvalue weighted by Crippen LogP contribution is -2.36. The van der Waals surface area contributed by atoms with Crippen molar-refractivity contribution in [3.8, 4) is 0 Å². The van der Waals surface area contributed by atoms with Crippen LogP contribution in [0.25, 0.3) is 0 Å². The van der Waals surface area contributed by atoms with E-state index >= 15 is 0 Å². The van der Waals surface area contributed by atoms with Crippen LogP contribution >= 0.6 is 0 Å². The van der Waals surface area contributed by atoms with Gasteiger partial charge in [0.15, 0.2) is 5.69 Å². The van der Waals surface area contributed by atoms with Gasteiger partial charge in [-0.05, 0) is 0 Å². The normalized spacial score (nSPS) is 11.5. The molecule has 0 spiro atoms. The molecular weight excluding hydrogens is 245 g/mol. The van der Waals surface area contributed by atoms with Gasteiger partial charge >= 0.3 is 12.1 Å². The number of hydrogen-bond acceptors (Lipinski definition) is 5. The Bertz CT molecular complexity index is 390. The third kappa shape index (κ3) is 3.94. The largest absolute Gasteiger partial charge is 0.476 e. The minimum Gasteiger partial charge on any atom is -0.476 e. The van der Waals surface area contributed by atoms with Gasteiger partial charge in [-0.1, -0.05) is 0 Å². The van der Waals surface area contributed by atoms with Crippen molar-refractivity contribution in [3.63, 3.8) is 0 Å². The molecule has 0 radical (unpaired) electrons. The van der Waals surface area contributed by atoms with Gasteiger partial charge in [-0.25, -0.2) is 4.79 Å². The van der Waals surface area contributed by atoms with Gasteiger partial charge in [0.25, 0.3) is 6.01 Å². The van der Waals surface area contributed by atoms with E-state index < -0.39 is 37.0 Å². The zero-order valence-corrected chi connectivity index (χ0v) is 8.44. The monoisotopic (exact) mass is 254 g/mol. The van der Waals surface area contributed by atoms with Gasteiger partial charge in [-0.2, -0.15) is 18.2 Å². The van der Waals surface area contributed by atoms with Crippen LogP contribution < -0.4 is 4.90 Å². The summed E-state index contributed by atoms with van der Waals surface area (Å²) < 4.78 is 41.1. The topological polar surface area (TPSA) is 86.8 Å². The third-order valence-electron chi connectivity index (χ3n) is 1.72. The zero-order valence-electron chi connectivity index (χ0n) is 8.44. The van der Waals surface area contributed by atoms with Crippen LogP contribution in [0.1, 0.15) is 10.5 Å². The van der Waals surface area contributed by atoms with Gasteiger partial charge in [-0.3, -0.25) is 0 Å². The van der Waals surface area contributed by atoms with E-state index in [9.17, 15) is 18.0 Å². The summed E-state index contributed by atoms with van der Waals surface area (Å²) >= 11 is 0. The first-order valence-electron chi connectivity index (χ1n) is 4.45. The fourth-order valence-electron chi connectivity index (χ4n) is 1.09. The number of carboxylic acids is 1. The summed E-state index contributed by atoms with van der Waals surface area (Å²) in [5.74, 6) is -1.41. The Morgan fingerprint density at radius 2 is 2.18 bits per heavy atom. The Kier molecular flexibility index (Phi) is 3.94. The standard InChI is InChI=1S/C8H9F3N2O4/c9-8(10,11)4-13(1-2-14)7-12-5(3-17-7)6(15)16/h3,14H,1-2,4H2,(H,15,16). The number of alkyl halides is 3. The molecule has 2 N–H and O–H groups in total. The Labute approximate surface area is 93.3 Å². The van der Waals surface area contributed by atoms with E-state index in [0.29, 0.717) is 4.90 Å². The minimum absolute atomic E-state index is 0.362. The van der Waals surface area contributed by atoms with Crippen molar-refractivity contribution in [2.24, 2.45) is 0 Å². The number of carboxylic acid groups (broad SMARTS) is 1. The van der Waals surface area contributed by atoms with Gasteiger partial charge in [0.05, 0.1) is 6.61 Å². The lowest BCUT2D eigenvalue weighted by atomic mass is 10.5. The van der Waals surface area contributed by atoms with Gasteiger partial charge in [0.2, 0.25) is 0 Å². The van der Waals surface area contributed by atoms with Crippen LogP contribution in [0.4, 0.5) is 19.2 Å². The van der Waals surface area contributed by atoms with Crippen molar-refractivity contribution < 1.29 is 32.6 Å². The molecule has 96 valence electrons. The predicted molar refractivity (Wildman–Crippen MR) is 48.8 cm³/mol. The highest BCUT2D eigenvalue weighted by molar-refractivity contribution is 5.85. The van der Waals surface area contributed by atoms with E-state index in [4.69, 9.17) is 10.2 Å². The molecule has 0 bridgehead atoms. The molecule has 9 heteroatoms. The highest BCUT2D eigenvalue weighted by Gasteiger charge is 2.32. The summed E-state index contributed by atoms with van der Waals surface area (Å²) in [7, 11) is 0. The molecule has 0 saturated heterocycles. The summed E-state index contributed by atoms with van der Waals surface area (Å²) in [6.45, 7) is -2.28. The Balaban J connectivity index is 2.85. The molecule has 17 heavy (non-hydrogen) atoms. The summed E-state index contributed by atoms with van der Waals surface area (Å²) in [5.41, 5.74) is -0.495. The van der Waals surface area contributed by atoms with Crippen molar-refractivity contribution in [2.75, 3.05) is 24.6 Å². The van der Waals surface area contributed by atoms with E-state index in [1.807, 2.05) is 0 Å². The number of aliphatic hydroxyl groups is 1. The Morgan fingerprint density at radius 3 is 2.59 bits per heavy atom. The smallest absolute Gasteiger partial charge is 0.406 e. The predicted octanol–water partition coefficient (Wildman–Crippen LogP) is 0.734. The highest BCUT2D eigenvalue weighted by atomic mass is 19.4. The number of anilines is 1. The van der Waals surface area contributed by atoms with Crippen molar-refractivity contribution in [1.29, 1.82) is 0 Å². The maximum absolute atomic E-state index is 12.2. The van der Waals surface area contributed by atoms with Crippen LogP contribution in [-0.4, -0.2) is 47.0 Å². The Hall–Kier alpha value is -1.77. The van der Waals surface area contributed by atoms with Gasteiger partial charge in [0, 0.05) is 6.54 Å². The third-order valence-corrected chi connectivity index (χ3v) is 1.72. The zero-order chi connectivity index (χ0) is 13.1. The van der Waals surface area contributed by atoms with E-state index in [-0.39, 0.29) is 6.54 Å². The molecule has 0 aliphatic rings. The highest BCUT2D eigenvalue weighted by Crippen LogP contribution is 2.21. The number of aromatic carboxylic acids is 1. The van der Waals surface area contributed by atoms with Crippen LogP contribution in [0.3, 0.4) is 0 Å². The van der Waals surface area contributed by atoms with Crippen LogP contribution in [0.2, 0.25) is 0 Å². The molecule has 1 heterocycles. The molecule has 1 rings (SSSR count). The average molecular weight is 254 g/mol. The Morgan fingerprint density at radius 1 is 1.53 bits per heavy atom. The molecule has 0 fully saturated rings. The number of halogens is 3. The molecule has 6 nitrogen and oxygen atoms in total. The maximum atomic E-state index is 12.2. The number of rotatable bonds is 5. The maximum Gasteiger partial charge on any atom is 0.406 e. The molecule has 0 aromatic carbocycles. The molecule has 0 amide bonds. The van der Waals surface area contributed by atoms with Crippen LogP contribution in [-0.2, 0) is 0 Å². The summed E-state index contributed by atoms with van der Waals surface area (Å²) in [6, 6.07) is -0.492. The summed E-state index contributed by atoms with van der Waals surface area (Å²) in [4.78, 5) is 14.4. The number of hydrogen-bond donors (Lipinski definition) is 2. The first kappa shape index (κ1) is 13.3. The number of aromatic nitrogens is 1. The molecule has 0 aliphatic carbocycles. The lowest BCUT2D eigenvalue weighted by Gasteiger charge is -2.20. The quantitative estimate of drug-likeness (QED) is 0.805. The second-order valence-electron chi connectivity index (χ2n) is 3.08. The van der Waals surface area contributed by atoms with E-state index in [1.54, 1.807) is 0 Å². The summed E-state index contributed by atoms with van der Waals surface area (Å²) in [6.07, 6.45) is -3.77. The second kappa shape index (κ2) is 5.04. The summed E-state index contributed by atoms with van der Waals surface area (Å²) in [5, 5.41) is 17.1. The number of oxazole rings is 1. The van der Waals surface area contributed by atoms with Crippen LogP contribution in [0, 0.1) is 0 Å². The van der Waals surface area contributed by atoms with E-state index in [2.05, 4.69) is 9.40 Å². The molecule has 0 atom stereocenters. The molecule has 1 aromatic rings. The molecule has 1 aromatic heterocycles. The van der Waals surface area contributed by atoms with Crippen molar-refractivity contribution >= 4 is 12.0 Å². The van der Waals surface area contributed by atoms with Gasteiger partial charge in [-0.15, -0.1) is 0 Å². The van der Waals surface area contributed by atoms with Crippen molar-refractivity contribution in [2.45, 2.75) is 6.18 Å². The number of aliphatic hydroxyl groups excluding tert-OH is 1. The molecular formula is C8H9F3N2O4. The average Bonchev–Trinajstić information content (AvgIpc) is 2.63. The van der Waals surface area contributed by atoms with Crippen molar-refractivity contribution in [3.05, 3.63) is 12.0 Å². The van der Waals surface area contributed by atoms with E-state index in [0.717, 1.165) is 6.26 Å². The van der Waals surface area contributed by atoms with Gasteiger partial charge in [0.1, 0.15) is 12.8 Å². The second-order valence-corrected chi connectivity index (χ2v) is 3.08. The van der Waals surface area contributed by atoms with Crippen LogP contribution in [0.5, 0.6) is 0 Å². The fourth-order valence-corrected chi connectivity index (χ4v) is 1.09. The molecule has 0 unspecified atom stereocenters.